The van der Waals surface area contributed by atoms with Gasteiger partial charge in [-0.05, 0) is 22.4 Å². The van der Waals surface area contributed by atoms with Crippen molar-refractivity contribution < 1.29 is 4.79 Å². The van der Waals surface area contributed by atoms with Crippen LogP contribution in [0.3, 0.4) is 0 Å². The minimum atomic E-state index is -0.0985. The van der Waals surface area contributed by atoms with Crippen molar-refractivity contribution in [1.29, 1.82) is 0 Å². The summed E-state index contributed by atoms with van der Waals surface area (Å²) >= 11 is 3.40. The van der Waals surface area contributed by atoms with Crippen LogP contribution in [-0.4, -0.2) is 36.0 Å². The van der Waals surface area contributed by atoms with Gasteiger partial charge in [0.15, 0.2) is 0 Å². The van der Waals surface area contributed by atoms with Gasteiger partial charge < -0.3 is 16.0 Å². The quantitative estimate of drug-likeness (QED) is 0.736. The highest BCUT2D eigenvalue weighted by Gasteiger charge is 2.08. The highest BCUT2D eigenvalue weighted by molar-refractivity contribution is 9.10. The minimum absolute atomic E-state index is 0.0985. The van der Waals surface area contributed by atoms with E-state index in [0.717, 1.165) is 23.3 Å². The van der Waals surface area contributed by atoms with Crippen molar-refractivity contribution in [3.05, 3.63) is 10.8 Å². The molecule has 0 unspecified atom stereocenters. The van der Waals surface area contributed by atoms with Crippen LogP contribution in [0.4, 0.5) is 11.6 Å². The van der Waals surface area contributed by atoms with Crippen LogP contribution in [0.15, 0.2) is 10.8 Å². The number of amides is 1. The lowest BCUT2D eigenvalue weighted by atomic mass is 10.4. The molecule has 1 amide bonds. The number of aromatic nitrogens is 2. The van der Waals surface area contributed by atoms with Crippen molar-refractivity contribution in [3.8, 4) is 0 Å². The maximum Gasteiger partial charge on any atom is 0.239 e. The van der Waals surface area contributed by atoms with Crippen LogP contribution in [0.5, 0.6) is 0 Å². The number of halogens is 1. The summed E-state index contributed by atoms with van der Waals surface area (Å²) in [7, 11) is 1.59. The van der Waals surface area contributed by atoms with Gasteiger partial charge >= 0.3 is 0 Å². The molecule has 1 rings (SSSR count). The molecule has 0 aliphatic carbocycles. The Balaban J connectivity index is 2.69. The van der Waals surface area contributed by atoms with E-state index in [2.05, 4.69) is 48.8 Å². The first kappa shape index (κ1) is 13.7. The summed E-state index contributed by atoms with van der Waals surface area (Å²) < 4.78 is 0.734. The first-order valence-electron chi connectivity index (χ1n) is 5.37. The van der Waals surface area contributed by atoms with Gasteiger partial charge in [0.05, 0.1) is 6.54 Å². The summed E-state index contributed by atoms with van der Waals surface area (Å²) in [5, 5.41) is 8.62. The smallest absolute Gasteiger partial charge is 0.239 e. The average Bonchev–Trinajstić information content (AvgIpc) is 2.35. The fraction of sp³-hybridized carbons (Fsp3) is 0.500. The molecule has 0 aliphatic rings. The van der Waals surface area contributed by atoms with Gasteiger partial charge in [0.1, 0.15) is 22.4 Å². The molecule has 17 heavy (non-hydrogen) atoms. The lowest BCUT2D eigenvalue weighted by Crippen LogP contribution is -2.26. The summed E-state index contributed by atoms with van der Waals surface area (Å²) in [4.78, 5) is 19.3. The molecule has 1 aromatic heterocycles. The van der Waals surface area contributed by atoms with Crippen molar-refractivity contribution in [3.63, 3.8) is 0 Å². The standard InChI is InChI=1S/C10H16BrN5O/c1-3-4-13-9-8(11)10(16-6-15-9)14-5-7(17)12-2/h6H,3-5H2,1-2H3,(H,12,17)(H2,13,14,15,16). The van der Waals surface area contributed by atoms with E-state index >= 15 is 0 Å². The van der Waals surface area contributed by atoms with E-state index in [-0.39, 0.29) is 12.5 Å². The second-order valence-electron chi connectivity index (χ2n) is 3.34. The Labute approximate surface area is 109 Å². The van der Waals surface area contributed by atoms with Crippen molar-refractivity contribution in [2.75, 3.05) is 30.8 Å². The molecule has 0 bridgehead atoms. The van der Waals surface area contributed by atoms with Crippen molar-refractivity contribution in [1.82, 2.24) is 15.3 Å². The van der Waals surface area contributed by atoms with Gasteiger partial charge in [-0.2, -0.15) is 0 Å². The molecule has 1 aromatic rings. The van der Waals surface area contributed by atoms with Gasteiger partial charge in [-0.25, -0.2) is 9.97 Å². The van der Waals surface area contributed by atoms with Crippen LogP contribution < -0.4 is 16.0 Å². The molecule has 0 radical (unpaired) electrons. The Morgan fingerprint density at radius 2 is 2.00 bits per heavy atom. The maximum atomic E-state index is 11.1. The second kappa shape index (κ2) is 7.05. The average molecular weight is 302 g/mol. The molecule has 0 aliphatic heterocycles. The van der Waals surface area contributed by atoms with E-state index in [4.69, 9.17) is 0 Å². The second-order valence-corrected chi connectivity index (χ2v) is 4.13. The Bertz CT molecular complexity index is 385. The zero-order chi connectivity index (χ0) is 12.7. The number of carbonyl (C=O) groups excluding carboxylic acids is 1. The van der Waals surface area contributed by atoms with Gasteiger partial charge in [0, 0.05) is 13.6 Å². The molecular formula is C10H16BrN5O. The molecule has 0 saturated carbocycles. The van der Waals surface area contributed by atoms with Gasteiger partial charge in [0.2, 0.25) is 5.91 Å². The van der Waals surface area contributed by atoms with Gasteiger partial charge in [-0.15, -0.1) is 0 Å². The van der Waals surface area contributed by atoms with Crippen molar-refractivity contribution in [2.24, 2.45) is 0 Å². The predicted molar refractivity (Wildman–Crippen MR) is 71.1 cm³/mol. The first-order chi connectivity index (χ1) is 8.19. The molecule has 0 aromatic carbocycles. The Hall–Kier alpha value is -1.37. The van der Waals surface area contributed by atoms with Crippen LogP contribution in [-0.2, 0) is 4.79 Å². The Morgan fingerprint density at radius 3 is 2.59 bits per heavy atom. The largest absolute Gasteiger partial charge is 0.369 e. The van der Waals surface area contributed by atoms with Crippen LogP contribution in [0.2, 0.25) is 0 Å². The molecule has 0 spiro atoms. The number of rotatable bonds is 6. The maximum absolute atomic E-state index is 11.1. The fourth-order valence-corrected chi connectivity index (χ4v) is 1.60. The molecule has 94 valence electrons. The van der Waals surface area contributed by atoms with Crippen molar-refractivity contribution in [2.45, 2.75) is 13.3 Å². The topological polar surface area (TPSA) is 78.9 Å². The number of carbonyl (C=O) groups is 1. The van der Waals surface area contributed by atoms with E-state index in [1.54, 1.807) is 7.05 Å². The summed E-state index contributed by atoms with van der Waals surface area (Å²) in [5.74, 6) is 1.22. The molecule has 0 fully saturated rings. The summed E-state index contributed by atoms with van der Waals surface area (Å²) in [6.07, 6.45) is 2.46. The van der Waals surface area contributed by atoms with Gasteiger partial charge in [-0.1, -0.05) is 6.92 Å². The summed E-state index contributed by atoms with van der Waals surface area (Å²) in [6.45, 7) is 3.09. The van der Waals surface area contributed by atoms with E-state index < -0.39 is 0 Å². The van der Waals surface area contributed by atoms with E-state index in [1.807, 2.05) is 0 Å². The zero-order valence-electron chi connectivity index (χ0n) is 9.88. The number of nitrogens with one attached hydrogen (secondary N) is 3. The van der Waals surface area contributed by atoms with Gasteiger partial charge in [-0.3, -0.25) is 4.79 Å². The lowest BCUT2D eigenvalue weighted by Gasteiger charge is -2.10. The monoisotopic (exact) mass is 301 g/mol. The molecule has 0 saturated heterocycles. The molecular weight excluding hydrogens is 286 g/mol. The molecule has 7 heteroatoms. The number of likely N-dealkylation sites (N-methyl/N-ethyl adjacent to an activating group) is 1. The Kier molecular flexibility index (Phi) is 5.68. The van der Waals surface area contributed by atoms with E-state index in [0.29, 0.717) is 5.82 Å². The highest BCUT2D eigenvalue weighted by atomic mass is 79.9. The number of hydrogen-bond acceptors (Lipinski definition) is 5. The summed E-state index contributed by atoms with van der Waals surface area (Å²) in [5.41, 5.74) is 0. The molecule has 6 nitrogen and oxygen atoms in total. The first-order valence-corrected chi connectivity index (χ1v) is 6.17. The summed E-state index contributed by atoms with van der Waals surface area (Å²) in [6, 6.07) is 0. The van der Waals surface area contributed by atoms with Crippen molar-refractivity contribution >= 4 is 33.5 Å². The zero-order valence-corrected chi connectivity index (χ0v) is 11.5. The number of nitrogens with zero attached hydrogens (tertiary/aromatic N) is 2. The minimum Gasteiger partial charge on any atom is -0.369 e. The van der Waals surface area contributed by atoms with Crippen LogP contribution in [0.1, 0.15) is 13.3 Å². The SMILES string of the molecule is CCCNc1ncnc(NCC(=O)NC)c1Br. The van der Waals surface area contributed by atoms with E-state index in [1.165, 1.54) is 6.33 Å². The normalized spacial score (nSPS) is 9.82. The predicted octanol–water partition coefficient (Wildman–Crippen LogP) is 1.22. The molecule has 1 heterocycles. The molecule has 0 atom stereocenters. The fourth-order valence-electron chi connectivity index (χ4n) is 1.11. The number of anilines is 2. The van der Waals surface area contributed by atoms with Crippen LogP contribution in [0, 0.1) is 0 Å². The van der Waals surface area contributed by atoms with Crippen LogP contribution >= 0.6 is 15.9 Å². The number of hydrogen-bond donors (Lipinski definition) is 3. The van der Waals surface area contributed by atoms with E-state index in [9.17, 15) is 4.79 Å². The third-order valence-electron chi connectivity index (χ3n) is 2.03. The highest BCUT2D eigenvalue weighted by Crippen LogP contribution is 2.26. The third-order valence-corrected chi connectivity index (χ3v) is 2.78. The lowest BCUT2D eigenvalue weighted by molar-refractivity contribution is -0.118. The Morgan fingerprint density at radius 1 is 1.35 bits per heavy atom. The van der Waals surface area contributed by atoms with Crippen LogP contribution in [0.25, 0.3) is 0 Å². The third kappa shape index (κ3) is 4.18. The van der Waals surface area contributed by atoms with Gasteiger partial charge in [0.25, 0.3) is 0 Å². The molecule has 3 N–H and O–H groups in total.